The third-order valence-electron chi connectivity index (χ3n) is 2.94. The van der Waals surface area contributed by atoms with Crippen LogP contribution in [-0.4, -0.2) is 41.1 Å². The second kappa shape index (κ2) is 6.44. The van der Waals surface area contributed by atoms with E-state index in [9.17, 15) is 13.6 Å². The Kier molecular flexibility index (Phi) is 4.84. The number of hydrogen-bond donors (Lipinski definition) is 0. The lowest BCUT2D eigenvalue weighted by Gasteiger charge is -2.12. The molecule has 2 aromatic rings. The van der Waals surface area contributed by atoms with E-state index in [1.54, 1.807) is 0 Å². The number of likely N-dealkylation sites (N-methyl/N-ethyl adjacent to an activating group) is 1. The van der Waals surface area contributed by atoms with Crippen LogP contribution in [0.4, 0.5) is 8.78 Å². The van der Waals surface area contributed by atoms with E-state index in [0.29, 0.717) is 17.6 Å². The van der Waals surface area contributed by atoms with Gasteiger partial charge in [-0.15, -0.1) is 0 Å². The number of carbonyl (C=O) groups is 1. The van der Waals surface area contributed by atoms with Gasteiger partial charge in [-0.3, -0.25) is 9.48 Å². The van der Waals surface area contributed by atoms with Crippen LogP contribution in [0, 0.1) is 11.6 Å². The number of nitrogens with zero attached hydrogens (tertiary/aromatic N) is 3. The maximum atomic E-state index is 13.7. The molecule has 0 bridgehead atoms. The van der Waals surface area contributed by atoms with Gasteiger partial charge in [0.25, 0.3) is 0 Å². The molecule has 0 aliphatic heterocycles. The van der Waals surface area contributed by atoms with E-state index in [1.165, 1.54) is 10.9 Å². The van der Waals surface area contributed by atoms with Crippen molar-refractivity contribution in [1.29, 1.82) is 0 Å². The Balaban J connectivity index is 2.39. The Hall–Kier alpha value is -1.60. The number of rotatable bonds is 5. The van der Waals surface area contributed by atoms with Crippen molar-refractivity contribution in [2.45, 2.75) is 6.54 Å². The zero-order valence-electron chi connectivity index (χ0n) is 11.6. The Bertz CT molecular complexity index is 670. The highest BCUT2D eigenvalue weighted by molar-refractivity contribution is 9.10. The molecule has 0 spiro atoms. The monoisotopic (exact) mass is 357 g/mol. The van der Waals surface area contributed by atoms with Gasteiger partial charge in [-0.2, -0.15) is 5.10 Å². The molecule has 0 aliphatic rings. The average Bonchev–Trinajstić information content (AvgIpc) is 2.79. The SMILES string of the molecule is CN(C)CCn1ncc(Br)c1C(=O)c1cc(F)ccc1F. The molecule has 4 nitrogen and oxygen atoms in total. The summed E-state index contributed by atoms with van der Waals surface area (Å²) in [7, 11) is 3.79. The largest absolute Gasteiger partial charge is 0.308 e. The minimum absolute atomic E-state index is 0.210. The summed E-state index contributed by atoms with van der Waals surface area (Å²) in [6.07, 6.45) is 1.47. The molecule has 0 amide bonds. The molecule has 7 heteroatoms. The molecule has 0 radical (unpaired) electrons. The Morgan fingerprint density at radius 3 is 2.76 bits per heavy atom. The molecule has 112 valence electrons. The molecule has 1 aromatic carbocycles. The summed E-state index contributed by atoms with van der Waals surface area (Å²) in [5.41, 5.74) is -0.0938. The zero-order chi connectivity index (χ0) is 15.6. The smallest absolute Gasteiger partial charge is 0.215 e. The van der Waals surface area contributed by atoms with Gasteiger partial charge in [-0.1, -0.05) is 0 Å². The van der Waals surface area contributed by atoms with Crippen LogP contribution in [0.5, 0.6) is 0 Å². The molecule has 0 saturated heterocycles. The quantitative estimate of drug-likeness (QED) is 0.772. The van der Waals surface area contributed by atoms with Crippen LogP contribution in [0.1, 0.15) is 16.1 Å². The first-order valence-corrected chi connectivity index (χ1v) is 7.05. The molecular formula is C14H14BrF2N3O. The van der Waals surface area contributed by atoms with Crippen LogP contribution in [0.2, 0.25) is 0 Å². The fraction of sp³-hybridized carbons (Fsp3) is 0.286. The maximum absolute atomic E-state index is 13.7. The second-order valence-corrected chi connectivity index (χ2v) is 5.68. The molecule has 0 N–H and O–H groups in total. The number of ketones is 1. The van der Waals surface area contributed by atoms with Crippen LogP contribution in [-0.2, 0) is 6.54 Å². The van der Waals surface area contributed by atoms with E-state index in [-0.39, 0.29) is 11.3 Å². The second-order valence-electron chi connectivity index (χ2n) is 4.82. The number of hydrogen-bond acceptors (Lipinski definition) is 3. The van der Waals surface area contributed by atoms with Gasteiger partial charge in [-0.25, -0.2) is 8.78 Å². The minimum atomic E-state index is -0.756. The fourth-order valence-electron chi connectivity index (χ4n) is 1.85. The predicted octanol–water partition coefficient (Wildman–Crippen LogP) is 2.72. The van der Waals surface area contributed by atoms with E-state index in [1.807, 2.05) is 19.0 Å². The molecular weight excluding hydrogens is 344 g/mol. The van der Waals surface area contributed by atoms with Crippen LogP contribution in [0.25, 0.3) is 0 Å². The van der Waals surface area contributed by atoms with Crippen LogP contribution in [0.15, 0.2) is 28.9 Å². The van der Waals surface area contributed by atoms with Crippen molar-refractivity contribution in [3.05, 3.63) is 51.8 Å². The van der Waals surface area contributed by atoms with Crippen molar-refractivity contribution >= 4 is 21.7 Å². The van der Waals surface area contributed by atoms with Gasteiger partial charge < -0.3 is 4.90 Å². The lowest BCUT2D eigenvalue weighted by atomic mass is 10.1. The summed E-state index contributed by atoms with van der Waals surface area (Å²) in [4.78, 5) is 14.4. The van der Waals surface area contributed by atoms with Gasteiger partial charge in [0.15, 0.2) is 0 Å². The van der Waals surface area contributed by atoms with Crippen LogP contribution in [0.3, 0.4) is 0 Å². The summed E-state index contributed by atoms with van der Waals surface area (Å²) in [5, 5.41) is 4.09. The Morgan fingerprint density at radius 1 is 1.38 bits per heavy atom. The van der Waals surface area contributed by atoms with E-state index >= 15 is 0 Å². The topological polar surface area (TPSA) is 38.1 Å². The van der Waals surface area contributed by atoms with Crippen molar-refractivity contribution in [2.24, 2.45) is 0 Å². The lowest BCUT2D eigenvalue weighted by molar-refractivity contribution is 0.102. The molecule has 0 atom stereocenters. The van der Waals surface area contributed by atoms with Crippen molar-refractivity contribution in [3.63, 3.8) is 0 Å². The number of carbonyl (C=O) groups excluding carboxylic acids is 1. The molecule has 0 unspecified atom stereocenters. The average molecular weight is 358 g/mol. The first-order chi connectivity index (χ1) is 9.90. The highest BCUT2D eigenvalue weighted by atomic mass is 79.9. The van der Waals surface area contributed by atoms with Gasteiger partial charge in [0, 0.05) is 6.54 Å². The summed E-state index contributed by atoms with van der Waals surface area (Å²) < 4.78 is 28.9. The normalized spacial score (nSPS) is 11.1. The van der Waals surface area contributed by atoms with Crippen molar-refractivity contribution < 1.29 is 13.6 Å². The number of benzene rings is 1. The third kappa shape index (κ3) is 3.54. The van der Waals surface area contributed by atoms with E-state index in [4.69, 9.17) is 0 Å². The predicted molar refractivity (Wildman–Crippen MR) is 78.3 cm³/mol. The molecule has 1 heterocycles. The Morgan fingerprint density at radius 2 is 2.10 bits per heavy atom. The van der Waals surface area contributed by atoms with Crippen molar-refractivity contribution in [1.82, 2.24) is 14.7 Å². The van der Waals surface area contributed by atoms with Gasteiger partial charge in [0.2, 0.25) is 5.78 Å². The summed E-state index contributed by atoms with van der Waals surface area (Å²) in [6.45, 7) is 1.14. The highest BCUT2D eigenvalue weighted by Gasteiger charge is 2.22. The number of aromatic nitrogens is 2. The maximum Gasteiger partial charge on any atom is 0.215 e. The van der Waals surface area contributed by atoms with E-state index in [0.717, 1.165) is 18.2 Å². The van der Waals surface area contributed by atoms with Gasteiger partial charge >= 0.3 is 0 Å². The molecule has 2 rings (SSSR count). The van der Waals surface area contributed by atoms with Crippen LogP contribution < -0.4 is 0 Å². The minimum Gasteiger partial charge on any atom is -0.308 e. The Labute approximate surface area is 129 Å². The highest BCUT2D eigenvalue weighted by Crippen LogP contribution is 2.22. The standard InChI is InChI=1S/C14H14BrF2N3O/c1-19(2)5-6-20-13(11(15)8-18-20)14(21)10-7-9(16)3-4-12(10)17/h3-4,7-8H,5-6H2,1-2H3. The third-order valence-corrected chi connectivity index (χ3v) is 3.52. The summed E-state index contributed by atoms with van der Waals surface area (Å²) in [6, 6.07) is 2.81. The molecule has 0 saturated carbocycles. The van der Waals surface area contributed by atoms with Gasteiger partial charge in [0.05, 0.1) is 22.8 Å². The van der Waals surface area contributed by atoms with Crippen molar-refractivity contribution in [2.75, 3.05) is 20.6 Å². The number of halogens is 3. The molecule has 0 fully saturated rings. The van der Waals surface area contributed by atoms with E-state index < -0.39 is 17.4 Å². The first-order valence-electron chi connectivity index (χ1n) is 6.26. The zero-order valence-corrected chi connectivity index (χ0v) is 13.2. The summed E-state index contributed by atoms with van der Waals surface area (Å²) in [5.74, 6) is -2.01. The summed E-state index contributed by atoms with van der Waals surface area (Å²) >= 11 is 3.23. The fourth-order valence-corrected chi connectivity index (χ4v) is 2.33. The molecule has 1 aromatic heterocycles. The first kappa shape index (κ1) is 15.8. The van der Waals surface area contributed by atoms with E-state index in [2.05, 4.69) is 21.0 Å². The van der Waals surface area contributed by atoms with Gasteiger partial charge in [-0.05, 0) is 48.2 Å². The lowest BCUT2D eigenvalue weighted by Crippen LogP contribution is -2.22. The molecule has 0 aliphatic carbocycles. The molecule has 21 heavy (non-hydrogen) atoms. The van der Waals surface area contributed by atoms with Crippen LogP contribution >= 0.6 is 15.9 Å². The van der Waals surface area contributed by atoms with Gasteiger partial charge in [0.1, 0.15) is 17.3 Å². The van der Waals surface area contributed by atoms with Crippen molar-refractivity contribution in [3.8, 4) is 0 Å².